The topological polar surface area (TPSA) is 86.7 Å². The van der Waals surface area contributed by atoms with E-state index in [1.54, 1.807) is 12.4 Å². The summed E-state index contributed by atoms with van der Waals surface area (Å²) < 4.78 is 2.41. The number of nitrogens with zero attached hydrogens (tertiary/aromatic N) is 4. The van der Waals surface area contributed by atoms with Crippen LogP contribution in [0.25, 0.3) is 5.82 Å². The summed E-state index contributed by atoms with van der Waals surface area (Å²) in [5.41, 5.74) is 5.28. The second kappa shape index (κ2) is 3.93. The maximum absolute atomic E-state index is 11.1. The summed E-state index contributed by atoms with van der Waals surface area (Å²) in [6.45, 7) is 0. The highest BCUT2D eigenvalue weighted by Gasteiger charge is 2.12. The van der Waals surface area contributed by atoms with Crippen LogP contribution in [0.4, 0.5) is 0 Å². The zero-order valence-corrected chi connectivity index (χ0v) is 9.62. The SMILES string of the molecule is NC(=O)c1nccnc1-n1cc(I)cn1. The van der Waals surface area contributed by atoms with E-state index in [1.165, 1.54) is 17.1 Å². The molecule has 7 heteroatoms. The van der Waals surface area contributed by atoms with Crippen molar-refractivity contribution in [3.05, 3.63) is 34.1 Å². The molecule has 2 aromatic rings. The summed E-state index contributed by atoms with van der Waals surface area (Å²) in [5, 5.41) is 4.03. The lowest BCUT2D eigenvalue weighted by atomic mass is 10.4. The molecule has 0 atom stereocenters. The molecule has 0 aromatic carbocycles. The fraction of sp³-hybridized carbons (Fsp3) is 0. The van der Waals surface area contributed by atoms with E-state index in [4.69, 9.17) is 5.73 Å². The Kier molecular flexibility index (Phi) is 2.62. The average Bonchev–Trinajstić information content (AvgIpc) is 2.65. The molecular formula is C8H6IN5O. The van der Waals surface area contributed by atoms with E-state index < -0.39 is 5.91 Å². The standard InChI is InChI=1S/C8H6IN5O/c9-5-3-13-14(4-5)8-6(7(10)15)11-1-2-12-8/h1-4H,(H2,10,15). The first kappa shape index (κ1) is 10.0. The van der Waals surface area contributed by atoms with Gasteiger partial charge in [0.2, 0.25) is 0 Å². The van der Waals surface area contributed by atoms with E-state index in [2.05, 4.69) is 37.7 Å². The molecule has 0 saturated heterocycles. The van der Waals surface area contributed by atoms with Crippen molar-refractivity contribution in [3.63, 3.8) is 0 Å². The van der Waals surface area contributed by atoms with E-state index in [9.17, 15) is 4.79 Å². The first-order valence-electron chi connectivity index (χ1n) is 4.00. The molecule has 76 valence electrons. The Bertz CT molecular complexity index is 509. The molecule has 0 spiro atoms. The predicted octanol–water partition coefficient (Wildman–Crippen LogP) is 0.366. The molecular weight excluding hydrogens is 309 g/mol. The van der Waals surface area contributed by atoms with Crippen molar-refractivity contribution in [2.75, 3.05) is 0 Å². The Hall–Kier alpha value is -1.51. The van der Waals surface area contributed by atoms with Crippen LogP contribution < -0.4 is 5.73 Å². The number of aromatic nitrogens is 4. The molecule has 15 heavy (non-hydrogen) atoms. The van der Waals surface area contributed by atoms with Gasteiger partial charge in [-0.15, -0.1) is 0 Å². The number of nitrogens with two attached hydrogens (primary N) is 1. The maximum Gasteiger partial charge on any atom is 0.271 e. The van der Waals surface area contributed by atoms with Crippen LogP contribution >= 0.6 is 22.6 Å². The third-order valence-corrected chi connectivity index (χ3v) is 2.24. The van der Waals surface area contributed by atoms with E-state index >= 15 is 0 Å². The van der Waals surface area contributed by atoms with Gasteiger partial charge in [0.25, 0.3) is 5.91 Å². The van der Waals surface area contributed by atoms with Crippen LogP contribution in [-0.4, -0.2) is 25.7 Å². The number of rotatable bonds is 2. The molecule has 6 nitrogen and oxygen atoms in total. The third-order valence-electron chi connectivity index (χ3n) is 1.68. The Morgan fingerprint density at radius 2 is 2.13 bits per heavy atom. The number of hydrogen-bond donors (Lipinski definition) is 1. The fourth-order valence-corrected chi connectivity index (χ4v) is 1.48. The fourth-order valence-electron chi connectivity index (χ4n) is 1.09. The van der Waals surface area contributed by atoms with Crippen molar-refractivity contribution in [2.45, 2.75) is 0 Å². The van der Waals surface area contributed by atoms with Gasteiger partial charge in [0.15, 0.2) is 11.5 Å². The monoisotopic (exact) mass is 315 g/mol. The minimum absolute atomic E-state index is 0.108. The number of halogens is 1. The molecule has 0 aliphatic carbocycles. The van der Waals surface area contributed by atoms with Crippen LogP contribution in [0.1, 0.15) is 10.5 Å². The first-order chi connectivity index (χ1) is 7.18. The average molecular weight is 315 g/mol. The van der Waals surface area contributed by atoms with Crippen LogP contribution in [0.3, 0.4) is 0 Å². The minimum Gasteiger partial charge on any atom is -0.364 e. The van der Waals surface area contributed by atoms with Gasteiger partial charge in [-0.05, 0) is 22.6 Å². The van der Waals surface area contributed by atoms with Crippen LogP contribution in [0, 0.1) is 3.57 Å². The summed E-state index contributed by atoms with van der Waals surface area (Å²) in [6.07, 6.45) is 6.28. The molecule has 0 bridgehead atoms. The van der Waals surface area contributed by atoms with Gasteiger partial charge in [0.1, 0.15) is 0 Å². The minimum atomic E-state index is -0.622. The van der Waals surface area contributed by atoms with Gasteiger partial charge in [0.05, 0.1) is 9.77 Å². The van der Waals surface area contributed by atoms with Gasteiger partial charge >= 0.3 is 0 Å². The van der Waals surface area contributed by atoms with Crippen LogP contribution in [0.5, 0.6) is 0 Å². The van der Waals surface area contributed by atoms with Crippen LogP contribution in [0.2, 0.25) is 0 Å². The predicted molar refractivity (Wildman–Crippen MR) is 60.4 cm³/mol. The van der Waals surface area contributed by atoms with Crippen molar-refractivity contribution < 1.29 is 4.79 Å². The van der Waals surface area contributed by atoms with Crippen molar-refractivity contribution in [2.24, 2.45) is 5.73 Å². The molecule has 1 amide bonds. The Morgan fingerprint density at radius 1 is 1.40 bits per heavy atom. The van der Waals surface area contributed by atoms with Gasteiger partial charge < -0.3 is 5.73 Å². The van der Waals surface area contributed by atoms with Gasteiger partial charge in [-0.3, -0.25) is 4.79 Å². The lowest BCUT2D eigenvalue weighted by Gasteiger charge is -2.02. The molecule has 0 unspecified atom stereocenters. The number of amides is 1. The molecule has 2 rings (SSSR count). The molecule has 0 saturated carbocycles. The number of primary amides is 1. The highest BCUT2D eigenvalue weighted by atomic mass is 127. The molecule has 2 heterocycles. The summed E-state index contributed by atoms with van der Waals surface area (Å²) >= 11 is 2.11. The van der Waals surface area contributed by atoms with Gasteiger partial charge in [-0.25, -0.2) is 14.6 Å². The lowest BCUT2D eigenvalue weighted by molar-refractivity contribution is 0.0995. The highest BCUT2D eigenvalue weighted by Crippen LogP contribution is 2.09. The zero-order chi connectivity index (χ0) is 10.8. The summed E-state index contributed by atoms with van der Waals surface area (Å²) in [7, 11) is 0. The van der Waals surface area contributed by atoms with E-state index in [-0.39, 0.29) is 5.69 Å². The Balaban J connectivity index is 2.57. The summed E-state index contributed by atoms with van der Waals surface area (Å²) in [6, 6.07) is 0. The molecule has 0 radical (unpaired) electrons. The van der Waals surface area contributed by atoms with Gasteiger partial charge in [0, 0.05) is 18.6 Å². The van der Waals surface area contributed by atoms with Crippen molar-refractivity contribution >= 4 is 28.5 Å². The Morgan fingerprint density at radius 3 is 2.73 bits per heavy atom. The van der Waals surface area contributed by atoms with Crippen molar-refractivity contribution in [1.29, 1.82) is 0 Å². The molecule has 0 aliphatic rings. The number of carbonyl (C=O) groups is 1. The van der Waals surface area contributed by atoms with Gasteiger partial charge in [-0.1, -0.05) is 0 Å². The maximum atomic E-state index is 11.1. The molecule has 2 aromatic heterocycles. The van der Waals surface area contributed by atoms with Crippen molar-refractivity contribution in [3.8, 4) is 5.82 Å². The Labute approximate surface area is 98.7 Å². The van der Waals surface area contributed by atoms with Gasteiger partial charge in [-0.2, -0.15) is 5.10 Å². The van der Waals surface area contributed by atoms with Crippen molar-refractivity contribution in [1.82, 2.24) is 19.7 Å². The summed E-state index contributed by atoms with van der Waals surface area (Å²) in [5.74, 6) is -0.281. The van der Waals surface area contributed by atoms with E-state index in [0.717, 1.165) is 3.57 Å². The zero-order valence-electron chi connectivity index (χ0n) is 7.46. The lowest BCUT2D eigenvalue weighted by Crippen LogP contribution is -2.17. The van der Waals surface area contributed by atoms with E-state index in [0.29, 0.717) is 5.82 Å². The molecule has 2 N–H and O–H groups in total. The highest BCUT2D eigenvalue weighted by molar-refractivity contribution is 14.1. The smallest absolute Gasteiger partial charge is 0.271 e. The summed E-state index contributed by atoms with van der Waals surface area (Å²) in [4.78, 5) is 19.0. The largest absolute Gasteiger partial charge is 0.364 e. The molecule has 0 aliphatic heterocycles. The normalized spacial score (nSPS) is 10.2. The van der Waals surface area contributed by atoms with E-state index in [1.807, 2.05) is 0 Å². The molecule has 0 fully saturated rings. The number of carbonyl (C=O) groups excluding carboxylic acids is 1. The number of hydrogen-bond acceptors (Lipinski definition) is 4. The second-order valence-corrected chi connectivity index (χ2v) is 3.94. The second-order valence-electron chi connectivity index (χ2n) is 2.70. The van der Waals surface area contributed by atoms with Crippen LogP contribution in [-0.2, 0) is 0 Å². The third kappa shape index (κ3) is 1.96. The first-order valence-corrected chi connectivity index (χ1v) is 5.07. The quantitative estimate of drug-likeness (QED) is 0.811. The van der Waals surface area contributed by atoms with Crippen LogP contribution in [0.15, 0.2) is 24.8 Å².